The van der Waals surface area contributed by atoms with Gasteiger partial charge in [0.2, 0.25) is 0 Å². The molecule has 2 aromatic rings. The maximum absolute atomic E-state index is 13.1. The lowest BCUT2D eigenvalue weighted by molar-refractivity contribution is 0.0572. The van der Waals surface area contributed by atoms with E-state index >= 15 is 0 Å². The third kappa shape index (κ3) is 3.11. The minimum atomic E-state index is 0.111. The molecule has 0 aromatic carbocycles. The molecule has 6 nitrogen and oxygen atoms in total. The van der Waals surface area contributed by atoms with Gasteiger partial charge < -0.3 is 4.90 Å². The van der Waals surface area contributed by atoms with Crippen LogP contribution in [0.2, 0.25) is 0 Å². The summed E-state index contributed by atoms with van der Waals surface area (Å²) in [6, 6.07) is 2.97. The lowest BCUT2D eigenvalue weighted by atomic mass is 10.1. The van der Waals surface area contributed by atoms with E-state index < -0.39 is 0 Å². The second kappa shape index (κ2) is 6.99. The summed E-state index contributed by atoms with van der Waals surface area (Å²) < 4.78 is 1.91. The molecular weight excluding hydrogens is 326 g/mol. The first kappa shape index (κ1) is 17.5. The van der Waals surface area contributed by atoms with Crippen LogP contribution in [0.1, 0.15) is 61.6 Å². The number of carbonyl (C=O) groups is 1. The molecule has 2 fully saturated rings. The Kier molecular flexibility index (Phi) is 4.69. The van der Waals surface area contributed by atoms with Gasteiger partial charge in [-0.3, -0.25) is 9.69 Å². The number of hydrogen-bond donors (Lipinski definition) is 0. The number of hydrogen-bond acceptors (Lipinski definition) is 4. The number of pyridine rings is 1. The molecule has 2 aliphatic rings. The number of nitrogens with zero attached hydrogens (tertiary/aromatic N) is 5. The molecule has 3 heterocycles. The molecule has 2 aromatic heterocycles. The smallest absolute Gasteiger partial charge is 0.255 e. The number of aromatic nitrogens is 3. The number of aryl methyl sites for hydroxylation is 1. The van der Waals surface area contributed by atoms with Crippen LogP contribution < -0.4 is 0 Å². The molecule has 4 rings (SSSR count). The van der Waals surface area contributed by atoms with Gasteiger partial charge in [-0.25, -0.2) is 9.67 Å². The van der Waals surface area contributed by atoms with E-state index in [9.17, 15) is 4.79 Å². The highest BCUT2D eigenvalue weighted by Gasteiger charge is 2.29. The highest BCUT2D eigenvalue weighted by atomic mass is 16.2. The second-order valence-electron chi connectivity index (χ2n) is 7.98. The van der Waals surface area contributed by atoms with Gasteiger partial charge in [-0.05, 0) is 39.7 Å². The molecule has 0 atom stereocenters. The molecule has 26 heavy (non-hydrogen) atoms. The summed E-state index contributed by atoms with van der Waals surface area (Å²) in [5.41, 5.74) is 2.37. The summed E-state index contributed by atoms with van der Waals surface area (Å²) in [6.45, 7) is 9.74. The van der Waals surface area contributed by atoms with E-state index in [0.717, 1.165) is 54.5 Å². The van der Waals surface area contributed by atoms with Crippen molar-refractivity contribution in [2.24, 2.45) is 0 Å². The monoisotopic (exact) mass is 355 g/mol. The fourth-order valence-electron chi connectivity index (χ4n) is 4.39. The lowest BCUT2D eigenvalue weighted by Gasteiger charge is -2.38. The van der Waals surface area contributed by atoms with Gasteiger partial charge in [0.15, 0.2) is 5.65 Å². The molecular formula is C20H29N5O. The van der Waals surface area contributed by atoms with E-state index in [1.54, 1.807) is 0 Å². The van der Waals surface area contributed by atoms with E-state index in [-0.39, 0.29) is 11.9 Å². The lowest BCUT2D eigenvalue weighted by Crippen LogP contribution is -2.51. The SMILES string of the molecule is Cc1nc2c(cnn2C(C)C)cc1C(=O)N1CCN(C2CCCC2)CC1. The molecule has 1 saturated heterocycles. The zero-order valence-electron chi connectivity index (χ0n) is 16.1. The molecule has 140 valence electrons. The molecule has 0 spiro atoms. The third-order valence-corrected chi connectivity index (χ3v) is 5.92. The Hall–Kier alpha value is -1.95. The molecule has 0 unspecified atom stereocenters. The van der Waals surface area contributed by atoms with Gasteiger partial charge in [0, 0.05) is 43.6 Å². The van der Waals surface area contributed by atoms with Crippen LogP contribution in [0.3, 0.4) is 0 Å². The fourth-order valence-corrected chi connectivity index (χ4v) is 4.39. The Labute approximate surface area is 155 Å². The Morgan fingerprint density at radius 2 is 1.85 bits per heavy atom. The Balaban J connectivity index is 1.50. The van der Waals surface area contributed by atoms with E-state index in [4.69, 9.17) is 4.98 Å². The van der Waals surface area contributed by atoms with Crippen molar-refractivity contribution in [1.29, 1.82) is 0 Å². The topological polar surface area (TPSA) is 54.3 Å². The third-order valence-electron chi connectivity index (χ3n) is 5.92. The van der Waals surface area contributed by atoms with Crippen molar-refractivity contribution in [3.63, 3.8) is 0 Å². The van der Waals surface area contributed by atoms with E-state index in [1.807, 2.05) is 28.8 Å². The molecule has 6 heteroatoms. The van der Waals surface area contributed by atoms with E-state index in [2.05, 4.69) is 23.8 Å². The zero-order valence-corrected chi connectivity index (χ0v) is 16.1. The normalized spacial score (nSPS) is 19.8. The first-order chi connectivity index (χ1) is 12.5. The van der Waals surface area contributed by atoms with Gasteiger partial charge in [0.1, 0.15) is 0 Å². The van der Waals surface area contributed by atoms with Gasteiger partial charge in [0.05, 0.1) is 17.5 Å². The Bertz CT molecular complexity index is 798. The van der Waals surface area contributed by atoms with Crippen molar-refractivity contribution in [3.8, 4) is 0 Å². The minimum Gasteiger partial charge on any atom is -0.336 e. The maximum Gasteiger partial charge on any atom is 0.255 e. The number of rotatable bonds is 3. The molecule has 0 bridgehead atoms. The molecule has 1 saturated carbocycles. The van der Waals surface area contributed by atoms with Crippen LogP contribution in [-0.4, -0.2) is 62.7 Å². The van der Waals surface area contributed by atoms with Gasteiger partial charge in [-0.1, -0.05) is 12.8 Å². The first-order valence-corrected chi connectivity index (χ1v) is 9.93. The van der Waals surface area contributed by atoms with Crippen molar-refractivity contribution in [1.82, 2.24) is 24.6 Å². The van der Waals surface area contributed by atoms with E-state index in [0.29, 0.717) is 0 Å². The van der Waals surface area contributed by atoms with Crippen LogP contribution >= 0.6 is 0 Å². The van der Waals surface area contributed by atoms with Crippen molar-refractivity contribution in [3.05, 3.63) is 23.5 Å². The minimum absolute atomic E-state index is 0.111. The zero-order chi connectivity index (χ0) is 18.3. The molecule has 0 N–H and O–H groups in total. The number of amides is 1. The van der Waals surface area contributed by atoms with Crippen molar-refractivity contribution >= 4 is 16.9 Å². The number of fused-ring (bicyclic) bond motifs is 1. The van der Waals surface area contributed by atoms with Crippen LogP contribution in [0.5, 0.6) is 0 Å². The van der Waals surface area contributed by atoms with E-state index in [1.165, 1.54) is 25.7 Å². The maximum atomic E-state index is 13.1. The largest absolute Gasteiger partial charge is 0.336 e. The second-order valence-corrected chi connectivity index (χ2v) is 7.98. The Morgan fingerprint density at radius 3 is 2.50 bits per heavy atom. The summed E-state index contributed by atoms with van der Waals surface area (Å²) in [4.78, 5) is 22.3. The summed E-state index contributed by atoms with van der Waals surface area (Å²) >= 11 is 0. The van der Waals surface area contributed by atoms with Crippen LogP contribution in [0.15, 0.2) is 12.3 Å². The predicted molar refractivity (Wildman–Crippen MR) is 102 cm³/mol. The summed E-state index contributed by atoms with van der Waals surface area (Å²) in [5.74, 6) is 0.111. The van der Waals surface area contributed by atoms with Crippen molar-refractivity contribution in [2.45, 2.75) is 58.5 Å². The quantitative estimate of drug-likeness (QED) is 0.849. The molecule has 0 radical (unpaired) electrons. The number of carbonyl (C=O) groups excluding carboxylic acids is 1. The van der Waals surface area contributed by atoms with Crippen molar-refractivity contribution in [2.75, 3.05) is 26.2 Å². The predicted octanol–water partition coefficient (Wildman–Crippen LogP) is 3.02. The van der Waals surface area contributed by atoms with Crippen LogP contribution in [-0.2, 0) is 0 Å². The summed E-state index contributed by atoms with van der Waals surface area (Å²) in [7, 11) is 0. The van der Waals surface area contributed by atoms with Crippen LogP contribution in [0.4, 0.5) is 0 Å². The van der Waals surface area contributed by atoms with Gasteiger partial charge in [-0.2, -0.15) is 5.10 Å². The van der Waals surface area contributed by atoms with Gasteiger partial charge >= 0.3 is 0 Å². The average molecular weight is 355 g/mol. The van der Waals surface area contributed by atoms with Crippen LogP contribution in [0, 0.1) is 6.92 Å². The van der Waals surface area contributed by atoms with Gasteiger partial charge in [0.25, 0.3) is 5.91 Å². The number of piperazine rings is 1. The average Bonchev–Trinajstić information content (AvgIpc) is 3.30. The highest BCUT2D eigenvalue weighted by molar-refractivity contribution is 5.98. The summed E-state index contributed by atoms with van der Waals surface area (Å²) in [6.07, 6.45) is 7.19. The first-order valence-electron chi connectivity index (χ1n) is 9.93. The fraction of sp³-hybridized carbons (Fsp3) is 0.650. The van der Waals surface area contributed by atoms with Crippen LogP contribution in [0.25, 0.3) is 11.0 Å². The Morgan fingerprint density at radius 1 is 1.15 bits per heavy atom. The summed E-state index contributed by atoms with van der Waals surface area (Å²) in [5, 5.41) is 5.37. The van der Waals surface area contributed by atoms with Gasteiger partial charge in [-0.15, -0.1) is 0 Å². The standard InChI is InChI=1S/C20H29N5O/c1-14(2)25-19-16(13-21-25)12-18(15(3)22-19)20(26)24-10-8-23(9-11-24)17-6-4-5-7-17/h12-14,17H,4-11H2,1-3H3. The molecule has 1 amide bonds. The van der Waals surface area contributed by atoms with Crippen molar-refractivity contribution < 1.29 is 4.79 Å². The molecule has 1 aliphatic carbocycles. The molecule has 1 aliphatic heterocycles. The highest BCUT2D eigenvalue weighted by Crippen LogP contribution is 2.25.